The van der Waals surface area contributed by atoms with Crippen molar-refractivity contribution in [1.29, 1.82) is 0 Å². The van der Waals surface area contributed by atoms with Crippen molar-refractivity contribution < 1.29 is 36.9 Å². The number of halogens is 3. The minimum absolute atomic E-state index is 0.179. The van der Waals surface area contributed by atoms with E-state index < -0.39 is 47.8 Å². The van der Waals surface area contributed by atoms with Crippen molar-refractivity contribution in [3.05, 3.63) is 52.2 Å². The minimum atomic E-state index is -5.17. The largest absolute Gasteiger partial charge is 0.452 e. The molecule has 0 bridgehead atoms. The van der Waals surface area contributed by atoms with E-state index in [1.54, 1.807) is 44.4 Å². The highest BCUT2D eigenvalue weighted by atomic mass is 32.1. The van der Waals surface area contributed by atoms with Crippen molar-refractivity contribution in [2.24, 2.45) is 5.92 Å². The number of nitrogens with one attached hydrogen (secondary N) is 2. The standard InChI is InChI=1S/C29H33F3N4O5S/c1-5-15(2)24(34-27(39)23-16(3)35-41-17(23)4)28(40)36-12-8-10-21(36)26(38)33-20(25(37)29(30,31)32)13-18-14-42-22-11-7-6-9-19(18)22/h6-7,9,11,14-15,20-21,24H,5,8,10,12-13H2,1-4H3,(H,33,38)(H,34,39)/t15-,20+,21+,24+/m1/s1. The third-order valence-corrected chi connectivity index (χ3v) is 8.77. The second kappa shape index (κ2) is 12.6. The number of likely N-dealkylation sites (tertiary alicyclic amines) is 1. The fraction of sp³-hybridized carbons (Fsp3) is 0.483. The van der Waals surface area contributed by atoms with E-state index in [2.05, 4.69) is 15.8 Å². The number of fused-ring (bicyclic) bond motifs is 1. The molecule has 0 saturated carbocycles. The lowest BCUT2D eigenvalue weighted by molar-refractivity contribution is -0.173. The van der Waals surface area contributed by atoms with E-state index in [0.29, 0.717) is 29.5 Å². The van der Waals surface area contributed by atoms with E-state index in [1.165, 1.54) is 16.2 Å². The number of rotatable bonds is 10. The van der Waals surface area contributed by atoms with Gasteiger partial charge in [0.05, 0.1) is 5.69 Å². The molecule has 0 unspecified atom stereocenters. The Hall–Kier alpha value is -3.74. The number of amides is 3. The Morgan fingerprint density at radius 2 is 1.88 bits per heavy atom. The van der Waals surface area contributed by atoms with Gasteiger partial charge in [0.2, 0.25) is 11.8 Å². The average molecular weight is 607 g/mol. The topological polar surface area (TPSA) is 122 Å². The maximum Gasteiger partial charge on any atom is 0.452 e. The lowest BCUT2D eigenvalue weighted by Crippen LogP contribution is -2.57. The summed E-state index contributed by atoms with van der Waals surface area (Å²) in [6.45, 7) is 6.99. The molecule has 3 heterocycles. The molecule has 1 fully saturated rings. The fourth-order valence-corrected chi connectivity index (χ4v) is 6.25. The number of aromatic nitrogens is 1. The zero-order chi connectivity index (χ0) is 30.8. The molecule has 42 heavy (non-hydrogen) atoms. The number of Topliss-reactive ketones (excluding diaryl/α,β-unsaturated/α-hetero) is 1. The van der Waals surface area contributed by atoms with E-state index in [0.717, 1.165) is 4.70 Å². The number of thiophene rings is 1. The average Bonchev–Trinajstić information content (AvgIpc) is 3.68. The van der Waals surface area contributed by atoms with Crippen molar-refractivity contribution in [3.8, 4) is 0 Å². The Kier molecular flexibility index (Phi) is 9.39. The Morgan fingerprint density at radius 3 is 2.52 bits per heavy atom. The molecule has 1 saturated heterocycles. The Balaban J connectivity index is 1.55. The fourth-order valence-electron chi connectivity index (χ4n) is 5.27. The second-order valence-electron chi connectivity index (χ2n) is 10.6. The summed E-state index contributed by atoms with van der Waals surface area (Å²) in [5.74, 6) is -4.02. The van der Waals surface area contributed by atoms with Crippen LogP contribution in [0, 0.1) is 19.8 Å². The first-order chi connectivity index (χ1) is 19.8. The zero-order valence-corrected chi connectivity index (χ0v) is 24.5. The molecule has 13 heteroatoms. The van der Waals surface area contributed by atoms with Crippen LogP contribution in [0.2, 0.25) is 0 Å². The molecule has 226 valence electrons. The number of nitrogens with zero attached hydrogens (tertiary/aromatic N) is 2. The minimum Gasteiger partial charge on any atom is -0.361 e. The summed E-state index contributed by atoms with van der Waals surface area (Å²) in [4.78, 5) is 54.0. The molecule has 2 N–H and O–H groups in total. The molecular weight excluding hydrogens is 573 g/mol. The van der Waals surface area contributed by atoms with Crippen LogP contribution in [0.3, 0.4) is 0 Å². The van der Waals surface area contributed by atoms with Gasteiger partial charge in [-0.25, -0.2) is 0 Å². The van der Waals surface area contributed by atoms with Crippen LogP contribution in [0.15, 0.2) is 34.2 Å². The molecule has 1 aliphatic heterocycles. The maximum absolute atomic E-state index is 13.8. The summed E-state index contributed by atoms with van der Waals surface area (Å²) < 4.78 is 46.7. The Bertz CT molecular complexity index is 1460. The van der Waals surface area contributed by atoms with E-state index in [4.69, 9.17) is 4.52 Å². The quantitative estimate of drug-likeness (QED) is 0.351. The van der Waals surface area contributed by atoms with Crippen molar-refractivity contribution >= 4 is 44.9 Å². The third-order valence-electron chi connectivity index (χ3n) is 7.76. The molecule has 1 aliphatic rings. The first-order valence-electron chi connectivity index (χ1n) is 13.7. The summed E-state index contributed by atoms with van der Waals surface area (Å²) in [5, 5.41) is 11.2. The molecule has 3 aromatic rings. The molecule has 0 aliphatic carbocycles. The van der Waals surface area contributed by atoms with E-state index in [9.17, 15) is 32.3 Å². The first-order valence-corrected chi connectivity index (χ1v) is 14.6. The van der Waals surface area contributed by atoms with Gasteiger partial charge in [0.1, 0.15) is 29.4 Å². The van der Waals surface area contributed by atoms with Gasteiger partial charge in [-0.05, 0) is 55.0 Å². The SMILES string of the molecule is CC[C@@H](C)[C@H](NC(=O)c1c(C)noc1C)C(=O)N1CCC[C@H]1C(=O)N[C@@H](Cc1csc2ccccc12)C(=O)C(F)(F)F. The third kappa shape index (κ3) is 6.50. The van der Waals surface area contributed by atoms with Crippen LogP contribution in [0.5, 0.6) is 0 Å². The number of carbonyl (C=O) groups is 4. The van der Waals surface area contributed by atoms with Gasteiger partial charge in [0.25, 0.3) is 11.7 Å². The zero-order valence-electron chi connectivity index (χ0n) is 23.7. The van der Waals surface area contributed by atoms with Gasteiger partial charge < -0.3 is 20.1 Å². The van der Waals surface area contributed by atoms with E-state index in [-0.39, 0.29) is 36.6 Å². The summed E-state index contributed by atoms with van der Waals surface area (Å²) in [6, 6.07) is 3.16. The predicted molar refractivity (Wildman–Crippen MR) is 150 cm³/mol. The number of hydrogen-bond acceptors (Lipinski definition) is 7. The molecule has 4 atom stereocenters. The summed E-state index contributed by atoms with van der Waals surface area (Å²) >= 11 is 1.33. The Labute approximate surface area is 244 Å². The van der Waals surface area contributed by atoms with Gasteiger partial charge in [0, 0.05) is 17.7 Å². The van der Waals surface area contributed by atoms with Gasteiger partial charge in [-0.3, -0.25) is 19.2 Å². The van der Waals surface area contributed by atoms with Crippen LogP contribution in [0.25, 0.3) is 10.1 Å². The lowest BCUT2D eigenvalue weighted by atomic mass is 9.96. The number of hydrogen-bond donors (Lipinski definition) is 2. The van der Waals surface area contributed by atoms with Gasteiger partial charge >= 0.3 is 6.18 Å². The number of alkyl halides is 3. The lowest BCUT2D eigenvalue weighted by Gasteiger charge is -2.32. The number of aryl methyl sites for hydroxylation is 2. The number of ketones is 1. The van der Waals surface area contributed by atoms with Gasteiger partial charge in [-0.2, -0.15) is 13.2 Å². The van der Waals surface area contributed by atoms with E-state index in [1.807, 2.05) is 13.0 Å². The summed E-state index contributed by atoms with van der Waals surface area (Å²) in [6.07, 6.45) is -4.35. The highest BCUT2D eigenvalue weighted by molar-refractivity contribution is 7.17. The maximum atomic E-state index is 13.8. The van der Waals surface area contributed by atoms with Gasteiger partial charge in [-0.15, -0.1) is 11.3 Å². The van der Waals surface area contributed by atoms with Crippen LogP contribution in [0.1, 0.15) is 60.5 Å². The first kappa shape index (κ1) is 31.2. The smallest absolute Gasteiger partial charge is 0.361 e. The second-order valence-corrected chi connectivity index (χ2v) is 11.5. The van der Waals surface area contributed by atoms with Crippen molar-refractivity contribution in [2.75, 3.05) is 6.54 Å². The van der Waals surface area contributed by atoms with Crippen LogP contribution in [-0.4, -0.2) is 64.4 Å². The van der Waals surface area contributed by atoms with Gasteiger partial charge in [0.15, 0.2) is 0 Å². The predicted octanol–water partition coefficient (Wildman–Crippen LogP) is 4.50. The highest BCUT2D eigenvalue weighted by Crippen LogP contribution is 2.29. The normalized spacial score (nSPS) is 17.6. The van der Waals surface area contributed by atoms with Crippen molar-refractivity contribution in [3.63, 3.8) is 0 Å². The molecule has 0 spiro atoms. The monoisotopic (exact) mass is 606 g/mol. The Morgan fingerprint density at radius 1 is 1.17 bits per heavy atom. The number of benzene rings is 1. The van der Waals surface area contributed by atoms with Crippen molar-refractivity contribution in [2.45, 2.75) is 77.7 Å². The molecule has 2 aromatic heterocycles. The number of carbonyl (C=O) groups excluding carboxylic acids is 4. The summed E-state index contributed by atoms with van der Waals surface area (Å²) in [5.41, 5.74) is 1.08. The molecule has 1 aromatic carbocycles. The molecule has 9 nitrogen and oxygen atoms in total. The molecule has 3 amide bonds. The van der Waals surface area contributed by atoms with Crippen LogP contribution < -0.4 is 10.6 Å². The molecular formula is C29H33F3N4O5S. The van der Waals surface area contributed by atoms with E-state index >= 15 is 0 Å². The van der Waals surface area contributed by atoms with Crippen LogP contribution in [-0.2, 0) is 20.8 Å². The molecule has 4 rings (SSSR count). The molecule has 0 radical (unpaired) electrons. The summed E-state index contributed by atoms with van der Waals surface area (Å²) in [7, 11) is 0. The van der Waals surface area contributed by atoms with Crippen LogP contribution in [0.4, 0.5) is 13.2 Å². The van der Waals surface area contributed by atoms with Gasteiger partial charge in [-0.1, -0.05) is 43.6 Å². The van der Waals surface area contributed by atoms with Crippen LogP contribution >= 0.6 is 11.3 Å². The highest BCUT2D eigenvalue weighted by Gasteiger charge is 2.46. The van der Waals surface area contributed by atoms with Crippen molar-refractivity contribution in [1.82, 2.24) is 20.7 Å².